The SMILES string of the molecule is COCCCN(CCC(=O)N1CCNCC1)C(=O)c1cccc(NC(C)=O)c1. The van der Waals surface area contributed by atoms with Crippen LogP contribution in [0, 0.1) is 0 Å². The number of carbonyl (C=O) groups excluding carboxylic acids is 3. The summed E-state index contributed by atoms with van der Waals surface area (Å²) in [7, 11) is 1.62. The minimum atomic E-state index is -0.192. The van der Waals surface area contributed by atoms with Crippen LogP contribution < -0.4 is 10.6 Å². The van der Waals surface area contributed by atoms with E-state index in [1.54, 1.807) is 36.3 Å². The smallest absolute Gasteiger partial charge is 0.253 e. The van der Waals surface area contributed by atoms with Crippen molar-refractivity contribution in [1.29, 1.82) is 0 Å². The second-order valence-corrected chi connectivity index (χ2v) is 6.78. The number of amides is 3. The van der Waals surface area contributed by atoms with Crippen molar-refractivity contribution in [3.8, 4) is 0 Å². The maximum atomic E-state index is 13.0. The molecule has 1 aromatic carbocycles. The Balaban J connectivity index is 2.02. The van der Waals surface area contributed by atoms with Crippen LogP contribution in [0.15, 0.2) is 24.3 Å². The first-order valence-electron chi connectivity index (χ1n) is 9.65. The number of hydrogen-bond acceptors (Lipinski definition) is 5. The van der Waals surface area contributed by atoms with Gasteiger partial charge in [0.2, 0.25) is 11.8 Å². The average molecular weight is 390 g/mol. The second kappa shape index (κ2) is 11.4. The summed E-state index contributed by atoms with van der Waals surface area (Å²) in [6.45, 7) is 5.84. The maximum Gasteiger partial charge on any atom is 0.253 e. The summed E-state index contributed by atoms with van der Waals surface area (Å²) in [5.74, 6) is -0.280. The topological polar surface area (TPSA) is 91.0 Å². The van der Waals surface area contributed by atoms with E-state index in [0.717, 1.165) is 13.1 Å². The van der Waals surface area contributed by atoms with Gasteiger partial charge in [0.1, 0.15) is 0 Å². The van der Waals surface area contributed by atoms with Gasteiger partial charge < -0.3 is 25.2 Å². The molecule has 1 heterocycles. The highest BCUT2D eigenvalue weighted by Gasteiger charge is 2.20. The van der Waals surface area contributed by atoms with Gasteiger partial charge in [0.25, 0.3) is 5.91 Å². The number of nitrogens with one attached hydrogen (secondary N) is 2. The van der Waals surface area contributed by atoms with Crippen LogP contribution in [0.5, 0.6) is 0 Å². The Hall–Kier alpha value is -2.45. The van der Waals surface area contributed by atoms with Gasteiger partial charge in [-0.15, -0.1) is 0 Å². The van der Waals surface area contributed by atoms with Gasteiger partial charge in [0.15, 0.2) is 0 Å². The van der Waals surface area contributed by atoms with E-state index in [1.807, 2.05) is 4.90 Å². The number of anilines is 1. The van der Waals surface area contributed by atoms with Crippen LogP contribution in [-0.4, -0.2) is 80.5 Å². The van der Waals surface area contributed by atoms with E-state index in [9.17, 15) is 14.4 Å². The lowest BCUT2D eigenvalue weighted by molar-refractivity contribution is -0.132. The van der Waals surface area contributed by atoms with E-state index < -0.39 is 0 Å². The molecule has 2 N–H and O–H groups in total. The Labute approximate surface area is 166 Å². The van der Waals surface area contributed by atoms with Gasteiger partial charge in [-0.3, -0.25) is 14.4 Å². The fraction of sp³-hybridized carbons (Fsp3) is 0.550. The van der Waals surface area contributed by atoms with Crippen LogP contribution in [0.1, 0.15) is 30.1 Å². The number of methoxy groups -OCH3 is 1. The van der Waals surface area contributed by atoms with E-state index in [2.05, 4.69) is 10.6 Å². The van der Waals surface area contributed by atoms with E-state index in [1.165, 1.54) is 6.92 Å². The number of piperazine rings is 1. The highest BCUT2D eigenvalue weighted by Crippen LogP contribution is 2.14. The molecule has 1 aromatic rings. The quantitative estimate of drug-likeness (QED) is 0.613. The molecule has 0 bridgehead atoms. The highest BCUT2D eigenvalue weighted by atomic mass is 16.5. The van der Waals surface area contributed by atoms with Gasteiger partial charge in [-0.2, -0.15) is 0 Å². The number of benzene rings is 1. The van der Waals surface area contributed by atoms with Crippen LogP contribution in [-0.2, 0) is 14.3 Å². The molecule has 28 heavy (non-hydrogen) atoms. The highest BCUT2D eigenvalue weighted by molar-refractivity contribution is 5.97. The fourth-order valence-corrected chi connectivity index (χ4v) is 3.13. The van der Waals surface area contributed by atoms with Crippen molar-refractivity contribution >= 4 is 23.4 Å². The molecule has 154 valence electrons. The van der Waals surface area contributed by atoms with Gasteiger partial charge in [-0.25, -0.2) is 0 Å². The van der Waals surface area contributed by atoms with E-state index in [4.69, 9.17) is 4.74 Å². The predicted octanol–water partition coefficient (Wildman–Crippen LogP) is 0.946. The molecule has 1 aliphatic heterocycles. The Morgan fingerprint density at radius 1 is 1.21 bits per heavy atom. The molecular weight excluding hydrogens is 360 g/mol. The van der Waals surface area contributed by atoms with Crippen molar-refractivity contribution in [2.75, 3.05) is 58.3 Å². The molecule has 8 heteroatoms. The predicted molar refractivity (Wildman–Crippen MR) is 107 cm³/mol. The van der Waals surface area contributed by atoms with Crippen LogP contribution in [0.4, 0.5) is 5.69 Å². The molecule has 0 aliphatic carbocycles. The molecule has 2 rings (SSSR count). The zero-order valence-electron chi connectivity index (χ0n) is 16.7. The van der Waals surface area contributed by atoms with Crippen molar-refractivity contribution in [3.05, 3.63) is 29.8 Å². The molecule has 0 spiro atoms. The number of nitrogens with zero attached hydrogens (tertiary/aromatic N) is 2. The largest absolute Gasteiger partial charge is 0.385 e. The number of carbonyl (C=O) groups is 3. The van der Waals surface area contributed by atoms with Crippen molar-refractivity contribution in [2.45, 2.75) is 19.8 Å². The minimum Gasteiger partial charge on any atom is -0.385 e. The van der Waals surface area contributed by atoms with E-state index in [-0.39, 0.29) is 17.7 Å². The van der Waals surface area contributed by atoms with Crippen molar-refractivity contribution in [3.63, 3.8) is 0 Å². The van der Waals surface area contributed by atoms with Crippen LogP contribution in [0.3, 0.4) is 0 Å². The molecule has 0 saturated carbocycles. The number of ether oxygens (including phenoxy) is 1. The summed E-state index contributed by atoms with van der Waals surface area (Å²) in [5.41, 5.74) is 1.06. The van der Waals surface area contributed by atoms with Gasteiger partial charge >= 0.3 is 0 Å². The molecule has 3 amide bonds. The first-order chi connectivity index (χ1) is 13.5. The third-order valence-electron chi connectivity index (χ3n) is 4.56. The fourth-order valence-electron chi connectivity index (χ4n) is 3.13. The van der Waals surface area contributed by atoms with Crippen molar-refractivity contribution in [1.82, 2.24) is 15.1 Å². The molecule has 1 fully saturated rings. The molecule has 0 unspecified atom stereocenters. The molecule has 1 aliphatic rings. The van der Waals surface area contributed by atoms with Crippen LogP contribution >= 0.6 is 0 Å². The Kier molecular flexibility index (Phi) is 8.90. The normalized spacial score (nSPS) is 13.9. The van der Waals surface area contributed by atoms with E-state index >= 15 is 0 Å². The lowest BCUT2D eigenvalue weighted by atomic mass is 10.1. The first-order valence-corrected chi connectivity index (χ1v) is 9.65. The summed E-state index contributed by atoms with van der Waals surface area (Å²) in [6, 6.07) is 6.85. The zero-order chi connectivity index (χ0) is 20.4. The van der Waals surface area contributed by atoms with Crippen LogP contribution in [0.25, 0.3) is 0 Å². The third kappa shape index (κ3) is 6.94. The van der Waals surface area contributed by atoms with Crippen molar-refractivity contribution in [2.24, 2.45) is 0 Å². The summed E-state index contributed by atoms with van der Waals surface area (Å²) in [5, 5.41) is 5.91. The Morgan fingerprint density at radius 2 is 1.96 bits per heavy atom. The molecule has 0 aromatic heterocycles. The third-order valence-corrected chi connectivity index (χ3v) is 4.56. The summed E-state index contributed by atoms with van der Waals surface area (Å²) in [4.78, 5) is 40.2. The monoisotopic (exact) mass is 390 g/mol. The van der Waals surface area contributed by atoms with Gasteiger partial charge in [0.05, 0.1) is 0 Å². The molecular formula is C20H30N4O4. The summed E-state index contributed by atoms with van der Waals surface area (Å²) < 4.78 is 5.09. The second-order valence-electron chi connectivity index (χ2n) is 6.78. The van der Waals surface area contributed by atoms with Crippen molar-refractivity contribution < 1.29 is 19.1 Å². The summed E-state index contributed by atoms with van der Waals surface area (Å²) >= 11 is 0. The average Bonchev–Trinajstić information content (AvgIpc) is 2.70. The molecule has 0 atom stereocenters. The Morgan fingerprint density at radius 3 is 2.64 bits per heavy atom. The minimum absolute atomic E-state index is 0.0676. The van der Waals surface area contributed by atoms with Gasteiger partial charge in [-0.05, 0) is 24.6 Å². The molecule has 1 saturated heterocycles. The lowest BCUT2D eigenvalue weighted by Crippen LogP contribution is -2.47. The first kappa shape index (κ1) is 21.8. The molecule has 0 radical (unpaired) electrons. The van der Waals surface area contributed by atoms with Gasteiger partial charge in [0, 0.05) is 77.6 Å². The van der Waals surface area contributed by atoms with Crippen LogP contribution in [0.2, 0.25) is 0 Å². The lowest BCUT2D eigenvalue weighted by Gasteiger charge is -2.29. The molecule has 8 nitrogen and oxygen atoms in total. The van der Waals surface area contributed by atoms with E-state index in [0.29, 0.717) is 56.9 Å². The zero-order valence-corrected chi connectivity index (χ0v) is 16.7. The number of rotatable bonds is 9. The number of hydrogen-bond donors (Lipinski definition) is 2. The maximum absolute atomic E-state index is 13.0. The van der Waals surface area contributed by atoms with Gasteiger partial charge in [-0.1, -0.05) is 6.07 Å². The Bertz CT molecular complexity index is 674. The summed E-state index contributed by atoms with van der Waals surface area (Å²) in [6.07, 6.45) is 0.986. The standard InChI is InChI=1S/C20H30N4O4/c1-16(25)22-18-6-3-5-17(15-18)20(27)24(10-4-14-28-2)11-7-19(26)23-12-8-21-9-13-23/h3,5-6,15,21H,4,7-14H2,1-2H3,(H,22,25).